The van der Waals surface area contributed by atoms with E-state index in [2.05, 4.69) is 10.3 Å². The number of carbonyl (C=O) groups is 2. The van der Waals surface area contributed by atoms with Gasteiger partial charge >= 0.3 is 30.9 Å². The van der Waals surface area contributed by atoms with E-state index >= 15 is 0 Å². The topological polar surface area (TPSA) is 88.5 Å². The van der Waals surface area contributed by atoms with Gasteiger partial charge in [-0.05, 0) is 18.1 Å². The molecular weight excluding hydrogens is 243 g/mol. The fourth-order valence-corrected chi connectivity index (χ4v) is 1.31. The molecule has 6 nitrogen and oxygen atoms in total. The van der Waals surface area contributed by atoms with Crippen LogP contribution in [0.2, 0.25) is 0 Å². The summed E-state index contributed by atoms with van der Waals surface area (Å²) >= 11 is 0. The Bertz CT molecular complexity index is 417. The van der Waals surface area contributed by atoms with Crippen molar-refractivity contribution in [3.63, 3.8) is 0 Å². The number of hydrogen-bond donors (Lipinski definition) is 2. The number of amides is 1. The summed E-state index contributed by atoms with van der Waals surface area (Å²) in [5.41, 5.74) is 0.601. The second-order valence-corrected chi connectivity index (χ2v) is 4.10. The summed E-state index contributed by atoms with van der Waals surface area (Å²) in [4.78, 5) is 26.3. The number of nitrogens with zero attached hydrogens (tertiary/aromatic N) is 1. The van der Waals surface area contributed by atoms with Crippen LogP contribution in [-0.2, 0) is 16.1 Å². The Labute approximate surface area is 125 Å². The third-order valence-corrected chi connectivity index (χ3v) is 2.28. The van der Waals surface area contributed by atoms with Crippen LogP contribution >= 0.6 is 0 Å². The van der Waals surface area contributed by atoms with Crippen LogP contribution in [0.3, 0.4) is 0 Å². The van der Waals surface area contributed by atoms with Gasteiger partial charge in [0.2, 0.25) is 0 Å². The van der Waals surface area contributed by atoms with Crippen molar-refractivity contribution >= 4 is 12.1 Å². The van der Waals surface area contributed by atoms with Crippen LogP contribution in [0.25, 0.3) is 0 Å². The molecule has 1 aromatic heterocycles. The molecule has 2 N–H and O–H groups in total. The Kier molecular flexibility index (Phi) is 7.88. The Balaban J connectivity index is 0. The molecule has 0 radical (unpaired) electrons. The number of aliphatic carboxylic acids is 1. The van der Waals surface area contributed by atoms with Crippen molar-refractivity contribution in [2.24, 2.45) is 5.92 Å². The van der Waals surface area contributed by atoms with Crippen LogP contribution in [0, 0.1) is 5.92 Å². The minimum atomic E-state index is -1.08. The number of aromatic nitrogens is 1. The van der Waals surface area contributed by atoms with E-state index < -0.39 is 18.1 Å². The monoisotopic (exact) mass is 260 g/mol. The molecule has 100 valence electrons. The Hall–Kier alpha value is -1.51. The normalized spacial score (nSPS) is 11.3. The second-order valence-electron chi connectivity index (χ2n) is 4.10. The van der Waals surface area contributed by atoms with Gasteiger partial charge in [0.25, 0.3) is 0 Å². The second kappa shape index (κ2) is 8.57. The predicted octanol–water partition coefficient (Wildman–Crippen LogP) is -1.47. The molecule has 0 aliphatic carbocycles. The molecule has 19 heavy (non-hydrogen) atoms. The quantitative estimate of drug-likeness (QED) is 0.631. The molecule has 0 bridgehead atoms. The Morgan fingerprint density at radius 3 is 2.63 bits per heavy atom. The van der Waals surface area contributed by atoms with Crippen molar-refractivity contribution in [1.82, 2.24) is 10.3 Å². The average molecular weight is 260 g/mol. The Morgan fingerprint density at radius 1 is 1.47 bits per heavy atom. The predicted molar refractivity (Wildman–Crippen MR) is 64.9 cm³/mol. The molecule has 1 rings (SSSR count). The number of carbonyl (C=O) groups excluding carboxylic acids is 1. The van der Waals surface area contributed by atoms with Gasteiger partial charge in [0.15, 0.2) is 0 Å². The van der Waals surface area contributed by atoms with E-state index in [1.165, 1.54) is 0 Å². The number of pyridine rings is 1. The van der Waals surface area contributed by atoms with E-state index in [1.54, 1.807) is 38.2 Å². The van der Waals surface area contributed by atoms with Crippen molar-refractivity contribution in [1.29, 1.82) is 0 Å². The largest absolute Gasteiger partial charge is 1.00 e. The molecule has 0 spiro atoms. The summed E-state index contributed by atoms with van der Waals surface area (Å²) in [5.74, 6) is -1.30. The van der Waals surface area contributed by atoms with E-state index in [0.717, 1.165) is 0 Å². The molecule has 0 saturated carbocycles. The summed E-state index contributed by atoms with van der Waals surface area (Å²) in [6, 6.07) is 4.28. The summed E-state index contributed by atoms with van der Waals surface area (Å²) in [7, 11) is 0. The SMILES string of the molecule is CC(C)[C@H](NC(=O)OCc1ccccn1)C(=O)O.[H-].[Li+]. The number of nitrogens with one attached hydrogen (secondary N) is 1. The van der Waals surface area contributed by atoms with Crippen LogP contribution in [0.5, 0.6) is 0 Å². The van der Waals surface area contributed by atoms with Gasteiger partial charge in [-0.1, -0.05) is 19.9 Å². The van der Waals surface area contributed by atoms with Crippen molar-refractivity contribution in [3.8, 4) is 0 Å². The minimum absolute atomic E-state index is 0. The van der Waals surface area contributed by atoms with Gasteiger partial charge < -0.3 is 16.6 Å². The molecule has 0 fully saturated rings. The smallest absolute Gasteiger partial charge is 1.00 e. The number of ether oxygens (including phenoxy) is 1. The maximum atomic E-state index is 11.4. The van der Waals surface area contributed by atoms with Crippen LogP contribution < -0.4 is 24.2 Å². The van der Waals surface area contributed by atoms with E-state index in [1.807, 2.05) is 0 Å². The third-order valence-electron chi connectivity index (χ3n) is 2.28. The molecule has 0 aliphatic heterocycles. The molecule has 1 amide bonds. The Morgan fingerprint density at radius 2 is 2.16 bits per heavy atom. The first-order valence-corrected chi connectivity index (χ1v) is 5.56. The van der Waals surface area contributed by atoms with Crippen molar-refractivity contribution < 1.29 is 39.7 Å². The van der Waals surface area contributed by atoms with Crippen molar-refractivity contribution in [2.75, 3.05) is 0 Å². The first-order chi connectivity index (χ1) is 8.50. The van der Waals surface area contributed by atoms with E-state index in [-0.39, 0.29) is 32.8 Å². The van der Waals surface area contributed by atoms with Gasteiger partial charge in [-0.3, -0.25) is 4.98 Å². The standard InChI is InChI=1S/C12H16N2O4.Li.H/c1-8(2)10(11(15)16)14-12(17)18-7-9-5-3-4-6-13-9;;/h3-6,8,10H,7H2,1-2H3,(H,14,17)(H,15,16);;/q;+1;-1/t10-;;/m0../s1. The maximum absolute atomic E-state index is 11.4. The number of alkyl carbamates (subject to hydrolysis) is 1. The van der Waals surface area contributed by atoms with Crippen LogP contribution in [0.4, 0.5) is 4.79 Å². The fourth-order valence-electron chi connectivity index (χ4n) is 1.31. The molecular formula is C12H17LiN2O4. The molecule has 0 saturated heterocycles. The van der Waals surface area contributed by atoms with Crippen LogP contribution in [0.1, 0.15) is 21.0 Å². The van der Waals surface area contributed by atoms with E-state index in [4.69, 9.17) is 9.84 Å². The summed E-state index contributed by atoms with van der Waals surface area (Å²) in [6.07, 6.45) is 0.826. The minimum Gasteiger partial charge on any atom is -1.00 e. The van der Waals surface area contributed by atoms with Crippen LogP contribution in [0.15, 0.2) is 24.4 Å². The van der Waals surface area contributed by atoms with E-state index in [9.17, 15) is 9.59 Å². The molecule has 0 aliphatic rings. The van der Waals surface area contributed by atoms with Gasteiger partial charge in [0.05, 0.1) is 5.69 Å². The van der Waals surface area contributed by atoms with Crippen LogP contribution in [-0.4, -0.2) is 28.2 Å². The van der Waals surface area contributed by atoms with Gasteiger partial charge in [0, 0.05) is 6.20 Å². The first-order valence-electron chi connectivity index (χ1n) is 5.56. The van der Waals surface area contributed by atoms with E-state index in [0.29, 0.717) is 5.69 Å². The molecule has 7 heteroatoms. The maximum Gasteiger partial charge on any atom is 1.00 e. The van der Waals surface area contributed by atoms with Crippen molar-refractivity contribution in [2.45, 2.75) is 26.5 Å². The molecule has 0 unspecified atom stereocenters. The number of hydrogen-bond acceptors (Lipinski definition) is 4. The average Bonchev–Trinajstić information content (AvgIpc) is 2.34. The third kappa shape index (κ3) is 6.27. The number of carboxylic acid groups (broad SMARTS) is 1. The van der Waals surface area contributed by atoms with Gasteiger partial charge in [-0.25, -0.2) is 9.59 Å². The molecule has 1 aromatic rings. The summed E-state index contributed by atoms with van der Waals surface area (Å²) in [6.45, 7) is 3.42. The molecule has 0 aromatic carbocycles. The first kappa shape index (κ1) is 17.5. The summed E-state index contributed by atoms with van der Waals surface area (Å²) < 4.78 is 4.88. The van der Waals surface area contributed by atoms with Gasteiger partial charge in [-0.2, -0.15) is 0 Å². The number of carboxylic acids is 1. The zero-order chi connectivity index (χ0) is 13.5. The fraction of sp³-hybridized carbons (Fsp3) is 0.417. The zero-order valence-electron chi connectivity index (χ0n) is 12.3. The zero-order valence-corrected chi connectivity index (χ0v) is 11.3. The molecule has 1 heterocycles. The van der Waals surface area contributed by atoms with Gasteiger partial charge in [-0.15, -0.1) is 0 Å². The number of rotatable bonds is 5. The van der Waals surface area contributed by atoms with Crippen molar-refractivity contribution in [3.05, 3.63) is 30.1 Å². The summed E-state index contributed by atoms with van der Waals surface area (Å²) in [5, 5.41) is 11.2. The molecule has 1 atom stereocenters. The van der Waals surface area contributed by atoms with Gasteiger partial charge in [0.1, 0.15) is 12.6 Å².